The Labute approximate surface area is 174 Å². The zero-order chi connectivity index (χ0) is 20.3. The van der Waals surface area contributed by atoms with Crippen LogP contribution in [0.4, 0.5) is 5.69 Å². The van der Waals surface area contributed by atoms with Gasteiger partial charge in [-0.2, -0.15) is 0 Å². The van der Waals surface area contributed by atoms with Crippen LogP contribution < -0.4 is 16.0 Å². The number of carbonyl (C=O) groups is 2. The molecule has 2 atom stereocenters. The summed E-state index contributed by atoms with van der Waals surface area (Å²) in [5.74, 6) is -0.820. The number of nitrogens with two attached hydrogens (primary N) is 1. The van der Waals surface area contributed by atoms with Crippen LogP contribution in [0.15, 0.2) is 42.5 Å². The van der Waals surface area contributed by atoms with E-state index >= 15 is 0 Å². The molecule has 0 unspecified atom stereocenters. The molecule has 0 radical (unpaired) electrons. The molecular weight excluding hydrogens is 397 g/mol. The molecule has 3 rings (SSSR count). The number of hydrogen-bond acceptors (Lipinski definition) is 3. The third-order valence-corrected chi connectivity index (χ3v) is 5.81. The van der Waals surface area contributed by atoms with Crippen molar-refractivity contribution < 1.29 is 9.59 Å². The van der Waals surface area contributed by atoms with Gasteiger partial charge in [0.15, 0.2) is 0 Å². The molecule has 0 saturated carbocycles. The van der Waals surface area contributed by atoms with Gasteiger partial charge in [0.05, 0.1) is 12.6 Å². The van der Waals surface area contributed by atoms with E-state index in [-0.39, 0.29) is 11.8 Å². The lowest BCUT2D eigenvalue weighted by Crippen LogP contribution is -2.44. The highest BCUT2D eigenvalue weighted by molar-refractivity contribution is 6.33. The van der Waals surface area contributed by atoms with E-state index in [2.05, 4.69) is 5.32 Å². The van der Waals surface area contributed by atoms with E-state index in [0.717, 1.165) is 23.2 Å². The number of nitrogens with one attached hydrogen (secondary N) is 1. The molecule has 2 amide bonds. The Bertz CT molecular complexity index is 888. The average molecular weight is 420 g/mol. The highest BCUT2D eigenvalue weighted by Gasteiger charge is 2.33. The summed E-state index contributed by atoms with van der Waals surface area (Å²) in [6.45, 7) is 0.312. The van der Waals surface area contributed by atoms with Gasteiger partial charge in [0.1, 0.15) is 0 Å². The molecule has 7 heteroatoms. The van der Waals surface area contributed by atoms with Crippen LogP contribution in [-0.2, 0) is 22.6 Å². The second kappa shape index (κ2) is 8.95. The van der Waals surface area contributed by atoms with Crippen LogP contribution in [-0.4, -0.2) is 24.9 Å². The monoisotopic (exact) mass is 419 g/mol. The van der Waals surface area contributed by atoms with E-state index < -0.39 is 11.9 Å². The summed E-state index contributed by atoms with van der Waals surface area (Å²) < 4.78 is 0. The van der Waals surface area contributed by atoms with E-state index in [1.165, 1.54) is 0 Å². The first kappa shape index (κ1) is 20.6. The van der Waals surface area contributed by atoms with E-state index in [1.54, 1.807) is 30.1 Å². The van der Waals surface area contributed by atoms with Crippen molar-refractivity contribution in [3.8, 4) is 0 Å². The number of primary amides is 1. The molecule has 1 heterocycles. The van der Waals surface area contributed by atoms with Gasteiger partial charge in [0, 0.05) is 21.7 Å². The van der Waals surface area contributed by atoms with Crippen molar-refractivity contribution in [2.45, 2.75) is 31.8 Å². The number of aryl methyl sites for hydroxylation is 1. The van der Waals surface area contributed by atoms with Crippen LogP contribution in [0.5, 0.6) is 0 Å². The van der Waals surface area contributed by atoms with Gasteiger partial charge in [-0.25, -0.2) is 0 Å². The number of carbonyl (C=O) groups excluding carboxylic acids is 2. The summed E-state index contributed by atoms with van der Waals surface area (Å²) in [4.78, 5) is 26.9. The zero-order valence-electron chi connectivity index (χ0n) is 15.6. The minimum Gasteiger partial charge on any atom is -0.368 e. The molecule has 1 aliphatic rings. The van der Waals surface area contributed by atoms with Gasteiger partial charge in [0.25, 0.3) is 0 Å². The fourth-order valence-electron chi connectivity index (χ4n) is 3.66. The lowest BCUT2D eigenvalue weighted by atomic mass is 9.93. The van der Waals surface area contributed by atoms with Crippen molar-refractivity contribution in [3.05, 3.63) is 63.6 Å². The molecule has 0 aliphatic carbocycles. The van der Waals surface area contributed by atoms with Crippen LogP contribution >= 0.6 is 23.2 Å². The largest absolute Gasteiger partial charge is 0.368 e. The van der Waals surface area contributed by atoms with E-state index in [4.69, 9.17) is 28.9 Å². The first-order valence-electron chi connectivity index (χ1n) is 9.20. The molecule has 2 aromatic rings. The van der Waals surface area contributed by atoms with E-state index in [0.29, 0.717) is 29.4 Å². The molecule has 1 aliphatic heterocycles. The molecule has 5 nitrogen and oxygen atoms in total. The number of rotatable bonds is 6. The minimum absolute atomic E-state index is 0.0394. The number of amides is 2. The van der Waals surface area contributed by atoms with Crippen molar-refractivity contribution >= 4 is 40.7 Å². The molecule has 0 fully saturated rings. The van der Waals surface area contributed by atoms with Crippen molar-refractivity contribution in [1.82, 2.24) is 5.32 Å². The fourth-order valence-corrected chi connectivity index (χ4v) is 4.03. The Morgan fingerprint density at radius 1 is 1.29 bits per heavy atom. The SMILES string of the molecule is CN[C@@H](C[C@@H]1CCc2ccccc2N(Cc2cc(Cl)ccc2Cl)C1=O)C(N)=O. The molecule has 28 heavy (non-hydrogen) atoms. The van der Waals surface area contributed by atoms with E-state index in [1.807, 2.05) is 24.3 Å². The van der Waals surface area contributed by atoms with Crippen molar-refractivity contribution in [2.75, 3.05) is 11.9 Å². The van der Waals surface area contributed by atoms with Crippen LogP contribution in [0.25, 0.3) is 0 Å². The average Bonchev–Trinajstić information content (AvgIpc) is 2.80. The van der Waals surface area contributed by atoms with Crippen LogP contribution in [0, 0.1) is 5.92 Å². The topological polar surface area (TPSA) is 75.4 Å². The molecule has 3 N–H and O–H groups in total. The van der Waals surface area contributed by atoms with Crippen molar-refractivity contribution in [2.24, 2.45) is 11.7 Å². The third kappa shape index (κ3) is 4.49. The van der Waals surface area contributed by atoms with E-state index in [9.17, 15) is 9.59 Å². The molecule has 0 saturated heterocycles. The molecular formula is C21H23Cl2N3O2. The van der Waals surface area contributed by atoms with Gasteiger partial charge in [-0.1, -0.05) is 41.4 Å². The molecule has 0 spiro atoms. The molecule has 148 valence electrons. The second-order valence-corrected chi connectivity index (χ2v) is 7.85. The first-order chi connectivity index (χ1) is 13.4. The zero-order valence-corrected chi connectivity index (χ0v) is 17.1. The maximum absolute atomic E-state index is 13.5. The normalized spacial score (nSPS) is 17.8. The molecule has 0 bridgehead atoms. The number of likely N-dealkylation sites (N-methyl/N-ethyl adjacent to an activating group) is 1. The Hall–Kier alpha value is -2.08. The quantitative estimate of drug-likeness (QED) is 0.751. The Kier molecular flexibility index (Phi) is 6.60. The van der Waals surface area contributed by atoms with Crippen LogP contribution in [0.1, 0.15) is 24.0 Å². The number of nitrogens with zero attached hydrogens (tertiary/aromatic N) is 1. The highest BCUT2D eigenvalue weighted by Crippen LogP contribution is 2.33. The van der Waals surface area contributed by atoms with Gasteiger partial charge in [-0.05, 0) is 61.7 Å². The number of hydrogen-bond donors (Lipinski definition) is 2. The minimum atomic E-state index is -0.549. The van der Waals surface area contributed by atoms with Crippen LogP contribution in [0.2, 0.25) is 10.0 Å². The number of benzene rings is 2. The fraction of sp³-hybridized carbons (Fsp3) is 0.333. The Morgan fingerprint density at radius 2 is 2.04 bits per heavy atom. The van der Waals surface area contributed by atoms with Gasteiger partial charge in [0.2, 0.25) is 11.8 Å². The van der Waals surface area contributed by atoms with Crippen molar-refractivity contribution in [1.29, 1.82) is 0 Å². The number of anilines is 1. The van der Waals surface area contributed by atoms with Gasteiger partial charge >= 0.3 is 0 Å². The molecule has 2 aromatic carbocycles. The van der Waals surface area contributed by atoms with Gasteiger partial charge in [-0.3, -0.25) is 9.59 Å². The summed E-state index contributed by atoms with van der Waals surface area (Å²) in [5, 5.41) is 4.03. The summed E-state index contributed by atoms with van der Waals surface area (Å²) in [5.41, 5.74) is 8.21. The third-order valence-electron chi connectivity index (χ3n) is 5.21. The lowest BCUT2D eigenvalue weighted by Gasteiger charge is -2.27. The second-order valence-electron chi connectivity index (χ2n) is 7.00. The Balaban J connectivity index is 1.96. The predicted octanol–water partition coefficient (Wildman–Crippen LogP) is 3.55. The maximum Gasteiger partial charge on any atom is 0.234 e. The number of halogens is 2. The maximum atomic E-state index is 13.5. The summed E-state index contributed by atoms with van der Waals surface area (Å²) >= 11 is 12.5. The number of fused-ring (bicyclic) bond motifs is 1. The number of para-hydroxylation sites is 1. The highest BCUT2D eigenvalue weighted by atomic mass is 35.5. The lowest BCUT2D eigenvalue weighted by molar-refractivity contribution is -0.124. The summed E-state index contributed by atoms with van der Waals surface area (Å²) in [7, 11) is 1.68. The van der Waals surface area contributed by atoms with Crippen LogP contribution in [0.3, 0.4) is 0 Å². The summed E-state index contributed by atoms with van der Waals surface area (Å²) in [6, 6.07) is 12.5. The standard InChI is InChI=1S/C21H23Cl2N3O2/c1-25-18(20(24)27)11-14-7-6-13-4-2-3-5-19(13)26(21(14)28)12-15-10-16(22)8-9-17(15)23/h2-5,8-10,14,18,25H,6-7,11-12H2,1H3,(H2,24,27)/t14-,18-/m0/s1. The summed E-state index contributed by atoms with van der Waals surface area (Å²) in [6.07, 6.45) is 1.76. The predicted molar refractivity (Wildman–Crippen MR) is 113 cm³/mol. The van der Waals surface area contributed by atoms with Crippen molar-refractivity contribution in [3.63, 3.8) is 0 Å². The Morgan fingerprint density at radius 3 is 2.75 bits per heavy atom. The smallest absolute Gasteiger partial charge is 0.234 e. The molecule has 0 aromatic heterocycles. The van der Waals surface area contributed by atoms with Gasteiger partial charge < -0.3 is 16.0 Å². The first-order valence-corrected chi connectivity index (χ1v) is 9.96. The van der Waals surface area contributed by atoms with Gasteiger partial charge in [-0.15, -0.1) is 0 Å².